The van der Waals surface area contributed by atoms with Gasteiger partial charge in [0.15, 0.2) is 0 Å². The topological polar surface area (TPSA) is 35.2 Å². The predicted octanol–water partition coefficient (Wildman–Crippen LogP) is 0.467. The van der Waals surface area contributed by atoms with Gasteiger partial charge in [0.25, 0.3) is 0 Å². The molecule has 0 saturated carbocycles. The summed E-state index contributed by atoms with van der Waals surface area (Å²) >= 11 is 1.97. The highest BCUT2D eigenvalue weighted by molar-refractivity contribution is 7.99. The minimum atomic E-state index is 0.499. The molecular formula is C6H13NOS. The number of thioether (sulfide) groups is 1. The Kier molecular flexibility index (Phi) is 3.40. The molecule has 0 aromatic heterocycles. The second kappa shape index (κ2) is 4.14. The zero-order valence-corrected chi connectivity index (χ0v) is 6.32. The van der Waals surface area contributed by atoms with Crippen LogP contribution in [-0.2, 0) is 4.74 Å². The summed E-state index contributed by atoms with van der Waals surface area (Å²) in [4.78, 5) is 0. The van der Waals surface area contributed by atoms with Crippen LogP contribution < -0.4 is 5.73 Å². The zero-order valence-electron chi connectivity index (χ0n) is 5.51. The van der Waals surface area contributed by atoms with Gasteiger partial charge in [0.2, 0.25) is 0 Å². The minimum Gasteiger partial charge on any atom is -0.376 e. The van der Waals surface area contributed by atoms with E-state index in [1.165, 1.54) is 17.9 Å². The zero-order chi connectivity index (χ0) is 6.53. The van der Waals surface area contributed by atoms with Crippen molar-refractivity contribution < 1.29 is 4.74 Å². The average molecular weight is 147 g/mol. The van der Waals surface area contributed by atoms with Crippen molar-refractivity contribution in [2.45, 2.75) is 12.5 Å². The Labute approximate surface area is 60.1 Å². The molecule has 0 bridgehead atoms. The van der Waals surface area contributed by atoms with Crippen LogP contribution in [-0.4, -0.2) is 30.8 Å². The Balaban J connectivity index is 1.98. The molecule has 1 aliphatic rings. The molecule has 2 N–H and O–H groups in total. The summed E-state index contributed by atoms with van der Waals surface area (Å²) in [5.74, 6) is 2.43. The van der Waals surface area contributed by atoms with Gasteiger partial charge in [-0.05, 0) is 12.2 Å². The lowest BCUT2D eigenvalue weighted by atomic mass is 10.3. The van der Waals surface area contributed by atoms with Crippen LogP contribution in [0.2, 0.25) is 0 Å². The quantitative estimate of drug-likeness (QED) is 0.630. The lowest BCUT2D eigenvalue weighted by molar-refractivity contribution is 0.0773. The van der Waals surface area contributed by atoms with E-state index < -0.39 is 0 Å². The maximum Gasteiger partial charge on any atom is 0.0674 e. The van der Waals surface area contributed by atoms with Crippen LogP contribution in [0.1, 0.15) is 6.42 Å². The van der Waals surface area contributed by atoms with Crippen molar-refractivity contribution in [1.29, 1.82) is 0 Å². The van der Waals surface area contributed by atoms with Crippen molar-refractivity contribution in [3.05, 3.63) is 0 Å². The smallest absolute Gasteiger partial charge is 0.0674 e. The van der Waals surface area contributed by atoms with Gasteiger partial charge in [-0.25, -0.2) is 0 Å². The maximum absolute atomic E-state index is 5.41. The van der Waals surface area contributed by atoms with Gasteiger partial charge in [0, 0.05) is 12.3 Å². The van der Waals surface area contributed by atoms with Crippen molar-refractivity contribution in [2.75, 3.05) is 24.7 Å². The monoisotopic (exact) mass is 147 g/mol. The van der Waals surface area contributed by atoms with Crippen LogP contribution >= 0.6 is 11.8 Å². The van der Waals surface area contributed by atoms with Crippen molar-refractivity contribution >= 4 is 11.8 Å². The fourth-order valence-electron chi connectivity index (χ4n) is 0.879. The van der Waals surface area contributed by atoms with Gasteiger partial charge >= 0.3 is 0 Å². The third-order valence-electron chi connectivity index (χ3n) is 1.36. The largest absolute Gasteiger partial charge is 0.376 e. The Morgan fingerprint density at radius 2 is 2.56 bits per heavy atom. The molecule has 0 amide bonds. The summed E-state index contributed by atoms with van der Waals surface area (Å²) in [6, 6.07) is 0. The van der Waals surface area contributed by atoms with Gasteiger partial charge in [-0.1, -0.05) is 0 Å². The molecule has 3 heteroatoms. The van der Waals surface area contributed by atoms with Crippen LogP contribution in [0, 0.1) is 0 Å². The fourth-order valence-corrected chi connectivity index (χ4v) is 2.00. The first kappa shape index (κ1) is 7.38. The highest BCUT2D eigenvalue weighted by atomic mass is 32.2. The lowest BCUT2D eigenvalue weighted by Crippen LogP contribution is -2.17. The molecule has 1 fully saturated rings. The first-order valence-corrected chi connectivity index (χ1v) is 4.48. The van der Waals surface area contributed by atoms with Gasteiger partial charge in [-0.3, -0.25) is 0 Å². The molecule has 54 valence electrons. The van der Waals surface area contributed by atoms with Crippen LogP contribution in [0.3, 0.4) is 0 Å². The highest BCUT2D eigenvalue weighted by Crippen LogP contribution is 2.19. The van der Waals surface area contributed by atoms with Crippen LogP contribution in [0.4, 0.5) is 0 Å². The highest BCUT2D eigenvalue weighted by Gasteiger charge is 2.14. The Hall–Kier alpha value is 0.270. The molecule has 1 saturated heterocycles. The molecule has 1 heterocycles. The van der Waals surface area contributed by atoms with E-state index in [4.69, 9.17) is 10.5 Å². The van der Waals surface area contributed by atoms with Gasteiger partial charge in [0.1, 0.15) is 0 Å². The van der Waals surface area contributed by atoms with E-state index in [-0.39, 0.29) is 0 Å². The lowest BCUT2D eigenvalue weighted by Gasteiger charge is -2.07. The number of ether oxygens (including phenoxy) is 1. The molecule has 1 rings (SSSR count). The summed E-state index contributed by atoms with van der Waals surface area (Å²) < 4.78 is 5.41. The van der Waals surface area contributed by atoms with Gasteiger partial charge in [-0.2, -0.15) is 11.8 Å². The summed E-state index contributed by atoms with van der Waals surface area (Å²) in [6.07, 6.45) is 1.71. The summed E-state index contributed by atoms with van der Waals surface area (Å²) in [7, 11) is 0. The van der Waals surface area contributed by atoms with E-state index in [0.29, 0.717) is 12.6 Å². The van der Waals surface area contributed by atoms with Gasteiger partial charge in [0.05, 0.1) is 12.7 Å². The SMILES string of the molecule is NCCOC1CCSC1. The van der Waals surface area contributed by atoms with Crippen LogP contribution in [0.25, 0.3) is 0 Å². The molecule has 0 spiro atoms. The summed E-state index contributed by atoms with van der Waals surface area (Å²) in [5, 5.41) is 0. The Bertz CT molecular complexity index is 73.5. The van der Waals surface area contributed by atoms with E-state index in [0.717, 1.165) is 6.61 Å². The minimum absolute atomic E-state index is 0.499. The van der Waals surface area contributed by atoms with Crippen LogP contribution in [0.5, 0.6) is 0 Å². The first-order chi connectivity index (χ1) is 4.43. The predicted molar refractivity (Wildman–Crippen MR) is 40.7 cm³/mol. The molecule has 1 aliphatic heterocycles. The standard InChI is InChI=1S/C6H13NOS/c7-2-3-8-6-1-4-9-5-6/h6H,1-5,7H2. The molecule has 0 aromatic rings. The Morgan fingerprint density at radius 3 is 3.11 bits per heavy atom. The Morgan fingerprint density at radius 1 is 1.67 bits per heavy atom. The second-order valence-corrected chi connectivity index (χ2v) is 3.29. The van der Waals surface area contributed by atoms with E-state index >= 15 is 0 Å². The third kappa shape index (κ3) is 2.56. The van der Waals surface area contributed by atoms with Crippen LogP contribution in [0.15, 0.2) is 0 Å². The number of nitrogens with two attached hydrogens (primary N) is 1. The second-order valence-electron chi connectivity index (χ2n) is 2.15. The normalized spacial score (nSPS) is 27.0. The molecule has 9 heavy (non-hydrogen) atoms. The van der Waals surface area contributed by atoms with Crippen molar-refractivity contribution in [1.82, 2.24) is 0 Å². The molecule has 1 unspecified atom stereocenters. The van der Waals surface area contributed by atoms with Crippen molar-refractivity contribution in [2.24, 2.45) is 5.73 Å². The third-order valence-corrected chi connectivity index (χ3v) is 2.49. The van der Waals surface area contributed by atoms with Crippen molar-refractivity contribution in [3.63, 3.8) is 0 Å². The number of hydrogen-bond acceptors (Lipinski definition) is 3. The van der Waals surface area contributed by atoms with Crippen molar-refractivity contribution in [3.8, 4) is 0 Å². The van der Waals surface area contributed by atoms with E-state index in [1.807, 2.05) is 11.8 Å². The number of rotatable bonds is 3. The molecule has 0 aliphatic carbocycles. The average Bonchev–Trinajstić information content (AvgIpc) is 2.34. The first-order valence-electron chi connectivity index (χ1n) is 3.33. The molecule has 2 nitrogen and oxygen atoms in total. The molecular weight excluding hydrogens is 134 g/mol. The van der Waals surface area contributed by atoms with Gasteiger partial charge < -0.3 is 10.5 Å². The summed E-state index contributed by atoms with van der Waals surface area (Å²) in [6.45, 7) is 1.38. The molecule has 0 radical (unpaired) electrons. The maximum atomic E-state index is 5.41. The fraction of sp³-hybridized carbons (Fsp3) is 1.00. The molecule has 1 atom stereocenters. The van der Waals surface area contributed by atoms with Gasteiger partial charge in [-0.15, -0.1) is 0 Å². The number of hydrogen-bond donors (Lipinski definition) is 1. The van der Waals surface area contributed by atoms with E-state index in [9.17, 15) is 0 Å². The summed E-state index contributed by atoms with van der Waals surface area (Å²) in [5.41, 5.74) is 5.27. The van der Waals surface area contributed by atoms with E-state index in [2.05, 4.69) is 0 Å². The van der Waals surface area contributed by atoms with E-state index in [1.54, 1.807) is 0 Å². The molecule has 0 aromatic carbocycles.